The minimum Gasteiger partial charge on any atom is -0.463 e. The number of aryl methyl sites for hydroxylation is 1. The molecule has 0 saturated heterocycles. The molecular weight excluding hydrogens is 346 g/mol. The summed E-state index contributed by atoms with van der Waals surface area (Å²) in [4.78, 5) is 5.09. The first-order valence-electron chi connectivity index (χ1n) is 10.0. The number of nitrogens with zero attached hydrogens (tertiary/aromatic N) is 3. The second-order valence-electron chi connectivity index (χ2n) is 8.83. The SMILES string of the molecule is CC(C)(C)[C@H]1CCc2c(c(-c3ccco3)nc3c(-c4ccccc4)cnn23)C1. The van der Waals surface area contributed by atoms with Gasteiger partial charge < -0.3 is 4.42 Å². The lowest BCUT2D eigenvalue weighted by Crippen LogP contribution is -2.29. The Morgan fingerprint density at radius 2 is 1.89 bits per heavy atom. The first kappa shape index (κ1) is 17.2. The average molecular weight is 371 g/mol. The van der Waals surface area contributed by atoms with Crippen LogP contribution in [0.25, 0.3) is 28.2 Å². The Morgan fingerprint density at radius 1 is 1.07 bits per heavy atom. The monoisotopic (exact) mass is 371 g/mol. The summed E-state index contributed by atoms with van der Waals surface area (Å²) in [6, 6.07) is 14.3. The second kappa shape index (κ2) is 6.33. The fourth-order valence-electron chi connectivity index (χ4n) is 4.39. The van der Waals surface area contributed by atoms with Crippen LogP contribution in [0.1, 0.15) is 38.4 Å². The summed E-state index contributed by atoms with van der Waals surface area (Å²) in [6.45, 7) is 7.01. The molecule has 1 aromatic carbocycles. The van der Waals surface area contributed by atoms with Crippen molar-refractivity contribution in [1.82, 2.24) is 14.6 Å². The number of hydrogen-bond acceptors (Lipinski definition) is 3. The van der Waals surface area contributed by atoms with Gasteiger partial charge in [-0.25, -0.2) is 9.50 Å². The van der Waals surface area contributed by atoms with Crippen LogP contribution < -0.4 is 0 Å². The summed E-state index contributed by atoms with van der Waals surface area (Å²) in [5.74, 6) is 1.46. The van der Waals surface area contributed by atoms with Crippen LogP contribution in [-0.2, 0) is 12.8 Å². The fraction of sp³-hybridized carbons (Fsp3) is 0.333. The van der Waals surface area contributed by atoms with Crippen LogP contribution in [0.5, 0.6) is 0 Å². The highest BCUT2D eigenvalue weighted by atomic mass is 16.3. The lowest BCUT2D eigenvalue weighted by Gasteiger charge is -2.35. The first-order valence-corrected chi connectivity index (χ1v) is 10.0. The molecule has 4 nitrogen and oxygen atoms in total. The van der Waals surface area contributed by atoms with Crippen molar-refractivity contribution in [3.05, 3.63) is 66.2 Å². The van der Waals surface area contributed by atoms with E-state index in [0.29, 0.717) is 5.92 Å². The molecule has 0 radical (unpaired) electrons. The van der Waals surface area contributed by atoms with Crippen molar-refractivity contribution in [1.29, 1.82) is 0 Å². The molecule has 3 aromatic heterocycles. The molecule has 0 N–H and O–H groups in total. The first-order chi connectivity index (χ1) is 13.5. The Bertz CT molecular complexity index is 1120. The summed E-state index contributed by atoms with van der Waals surface area (Å²) in [6.07, 6.45) is 6.87. The molecule has 0 amide bonds. The zero-order chi connectivity index (χ0) is 19.3. The number of fused-ring (bicyclic) bond motifs is 3. The van der Waals surface area contributed by atoms with E-state index in [-0.39, 0.29) is 5.41 Å². The maximum Gasteiger partial charge on any atom is 0.163 e. The molecule has 0 saturated carbocycles. The number of furan rings is 1. The predicted molar refractivity (Wildman–Crippen MR) is 111 cm³/mol. The topological polar surface area (TPSA) is 43.3 Å². The molecule has 28 heavy (non-hydrogen) atoms. The van der Waals surface area contributed by atoms with Crippen molar-refractivity contribution in [3.63, 3.8) is 0 Å². The predicted octanol–water partition coefficient (Wildman–Crippen LogP) is 5.81. The highest BCUT2D eigenvalue weighted by molar-refractivity contribution is 5.79. The van der Waals surface area contributed by atoms with Crippen LogP contribution >= 0.6 is 0 Å². The van der Waals surface area contributed by atoms with Crippen LogP contribution in [-0.4, -0.2) is 14.6 Å². The van der Waals surface area contributed by atoms with Gasteiger partial charge in [0.1, 0.15) is 5.69 Å². The van der Waals surface area contributed by atoms with Crippen molar-refractivity contribution < 1.29 is 4.42 Å². The quantitative estimate of drug-likeness (QED) is 0.447. The molecule has 0 unspecified atom stereocenters. The minimum absolute atomic E-state index is 0.270. The van der Waals surface area contributed by atoms with Crippen molar-refractivity contribution in [2.75, 3.05) is 0 Å². The third kappa shape index (κ3) is 2.75. The van der Waals surface area contributed by atoms with Gasteiger partial charge in [0.05, 0.1) is 12.5 Å². The highest BCUT2D eigenvalue weighted by Crippen LogP contribution is 2.41. The fourth-order valence-corrected chi connectivity index (χ4v) is 4.39. The maximum atomic E-state index is 5.79. The Balaban J connectivity index is 1.75. The zero-order valence-corrected chi connectivity index (χ0v) is 16.6. The number of benzene rings is 1. The number of rotatable bonds is 2. The van der Waals surface area contributed by atoms with E-state index in [2.05, 4.69) is 49.6 Å². The Hall–Kier alpha value is -2.88. The average Bonchev–Trinajstić information content (AvgIpc) is 3.37. The third-order valence-electron chi connectivity index (χ3n) is 6.10. The van der Waals surface area contributed by atoms with Gasteiger partial charge in [-0.05, 0) is 48.3 Å². The minimum atomic E-state index is 0.270. The molecule has 4 aromatic rings. The van der Waals surface area contributed by atoms with E-state index >= 15 is 0 Å². The Labute approximate surface area is 165 Å². The van der Waals surface area contributed by atoms with Gasteiger partial charge >= 0.3 is 0 Å². The molecule has 1 atom stereocenters. The highest BCUT2D eigenvalue weighted by Gasteiger charge is 2.33. The van der Waals surface area contributed by atoms with Crippen molar-refractivity contribution in [2.45, 2.75) is 40.0 Å². The molecule has 0 fully saturated rings. The standard InChI is InChI=1S/C24H25N3O/c1-24(2,3)17-11-12-20-18(14-17)22(21-10-7-13-28-21)26-23-19(15-25-27(20)23)16-8-5-4-6-9-16/h4-10,13,15,17H,11-12,14H2,1-3H3/t17-/m0/s1. The molecule has 4 heteroatoms. The van der Waals surface area contributed by atoms with Crippen molar-refractivity contribution in [3.8, 4) is 22.6 Å². The lowest BCUT2D eigenvalue weighted by atomic mass is 9.71. The largest absolute Gasteiger partial charge is 0.463 e. The summed E-state index contributed by atoms with van der Waals surface area (Å²) in [5, 5.41) is 4.74. The molecule has 1 aliphatic rings. The van der Waals surface area contributed by atoms with E-state index in [0.717, 1.165) is 41.1 Å². The molecule has 5 rings (SSSR count). The van der Waals surface area contributed by atoms with E-state index in [1.54, 1.807) is 6.26 Å². The van der Waals surface area contributed by atoms with Gasteiger partial charge in [-0.3, -0.25) is 0 Å². The maximum absolute atomic E-state index is 5.79. The van der Waals surface area contributed by atoms with E-state index < -0.39 is 0 Å². The van der Waals surface area contributed by atoms with E-state index in [1.807, 2.05) is 24.4 Å². The molecular formula is C24H25N3O. The smallest absolute Gasteiger partial charge is 0.163 e. The summed E-state index contributed by atoms with van der Waals surface area (Å²) in [7, 11) is 0. The summed E-state index contributed by atoms with van der Waals surface area (Å²) < 4.78 is 7.84. The summed E-state index contributed by atoms with van der Waals surface area (Å²) >= 11 is 0. The van der Waals surface area contributed by atoms with Crippen LogP contribution in [0.15, 0.2) is 59.3 Å². The number of hydrogen-bond donors (Lipinski definition) is 0. The molecule has 142 valence electrons. The van der Waals surface area contributed by atoms with E-state index in [1.165, 1.54) is 17.7 Å². The summed E-state index contributed by atoms with van der Waals surface area (Å²) in [5.41, 5.74) is 6.92. The van der Waals surface area contributed by atoms with Gasteiger partial charge in [0.2, 0.25) is 0 Å². The van der Waals surface area contributed by atoms with Crippen LogP contribution in [0, 0.1) is 11.3 Å². The van der Waals surface area contributed by atoms with Gasteiger partial charge in [0.25, 0.3) is 0 Å². The van der Waals surface area contributed by atoms with Gasteiger partial charge in [0.15, 0.2) is 11.4 Å². The van der Waals surface area contributed by atoms with Gasteiger partial charge in [-0.1, -0.05) is 51.1 Å². The normalized spacial score (nSPS) is 17.0. The zero-order valence-electron chi connectivity index (χ0n) is 16.6. The van der Waals surface area contributed by atoms with Crippen LogP contribution in [0.2, 0.25) is 0 Å². The molecule has 1 aliphatic carbocycles. The Morgan fingerprint density at radius 3 is 2.61 bits per heavy atom. The van der Waals surface area contributed by atoms with Crippen LogP contribution in [0.3, 0.4) is 0 Å². The van der Waals surface area contributed by atoms with Crippen LogP contribution in [0.4, 0.5) is 0 Å². The lowest BCUT2D eigenvalue weighted by molar-refractivity contribution is 0.214. The van der Waals surface area contributed by atoms with Gasteiger partial charge in [0, 0.05) is 16.8 Å². The Kier molecular flexibility index (Phi) is 3.90. The molecule has 0 aliphatic heterocycles. The van der Waals surface area contributed by atoms with Crippen molar-refractivity contribution in [2.24, 2.45) is 11.3 Å². The van der Waals surface area contributed by atoms with Gasteiger partial charge in [-0.15, -0.1) is 0 Å². The molecule has 0 spiro atoms. The number of aromatic nitrogens is 3. The molecule has 3 heterocycles. The van der Waals surface area contributed by atoms with E-state index in [4.69, 9.17) is 14.5 Å². The molecule has 0 bridgehead atoms. The van der Waals surface area contributed by atoms with Crippen molar-refractivity contribution >= 4 is 5.65 Å². The second-order valence-corrected chi connectivity index (χ2v) is 8.83. The van der Waals surface area contributed by atoms with Gasteiger partial charge in [-0.2, -0.15) is 5.10 Å². The van der Waals surface area contributed by atoms with E-state index in [9.17, 15) is 0 Å². The third-order valence-corrected chi connectivity index (χ3v) is 6.10.